The molecule has 0 fully saturated rings. The molecule has 0 amide bonds. The van der Waals surface area contributed by atoms with Crippen LogP contribution in [-0.4, -0.2) is 10.1 Å². The molecule has 108 valence electrons. The van der Waals surface area contributed by atoms with Crippen LogP contribution in [0, 0.1) is 5.92 Å². The Kier molecular flexibility index (Phi) is 5.54. The van der Waals surface area contributed by atoms with E-state index in [0.717, 1.165) is 29.3 Å². The Morgan fingerprint density at radius 1 is 1.15 bits per heavy atom. The predicted molar refractivity (Wildman–Crippen MR) is 84.6 cm³/mol. The first-order chi connectivity index (χ1) is 9.76. The van der Waals surface area contributed by atoms with Crippen molar-refractivity contribution in [2.75, 3.05) is 0 Å². The Labute approximate surface area is 121 Å². The van der Waals surface area contributed by atoms with Gasteiger partial charge in [0.2, 0.25) is 0 Å². The summed E-state index contributed by atoms with van der Waals surface area (Å²) in [5.74, 6) is 0.608. The topological polar surface area (TPSA) is 33.1 Å². The van der Waals surface area contributed by atoms with Crippen molar-refractivity contribution >= 4 is 10.9 Å². The van der Waals surface area contributed by atoms with Crippen molar-refractivity contribution in [3.8, 4) is 0 Å². The average Bonchev–Trinajstić information content (AvgIpc) is 2.50. The second-order valence-corrected chi connectivity index (χ2v) is 5.59. The molecule has 0 aliphatic rings. The first-order valence-corrected chi connectivity index (χ1v) is 7.78. The average molecular weight is 271 g/mol. The summed E-state index contributed by atoms with van der Waals surface area (Å²) in [5.41, 5.74) is 1.98. The third kappa shape index (κ3) is 3.57. The van der Waals surface area contributed by atoms with E-state index in [4.69, 9.17) is 0 Å². The number of pyridine rings is 1. The summed E-state index contributed by atoms with van der Waals surface area (Å²) in [6.07, 6.45) is 7.10. The lowest BCUT2D eigenvalue weighted by Crippen LogP contribution is -2.07. The highest BCUT2D eigenvalue weighted by atomic mass is 16.3. The SMILES string of the molecule is CCCCC(CC)CC(O)c1cccc2ncccc12. The first-order valence-electron chi connectivity index (χ1n) is 7.78. The minimum Gasteiger partial charge on any atom is -0.388 e. The highest BCUT2D eigenvalue weighted by Gasteiger charge is 2.16. The predicted octanol–water partition coefficient (Wildman–Crippen LogP) is 4.87. The molecule has 0 bridgehead atoms. The number of aromatic nitrogens is 1. The normalized spacial score (nSPS) is 14.3. The molecule has 2 nitrogen and oxygen atoms in total. The van der Waals surface area contributed by atoms with Crippen LogP contribution in [-0.2, 0) is 0 Å². The van der Waals surface area contributed by atoms with Crippen LogP contribution in [0.2, 0.25) is 0 Å². The Balaban J connectivity index is 2.16. The molecule has 0 aliphatic carbocycles. The second-order valence-electron chi connectivity index (χ2n) is 5.59. The van der Waals surface area contributed by atoms with Crippen molar-refractivity contribution in [2.24, 2.45) is 5.92 Å². The van der Waals surface area contributed by atoms with Gasteiger partial charge in [-0.15, -0.1) is 0 Å². The molecule has 1 heterocycles. The number of aliphatic hydroxyl groups is 1. The highest BCUT2D eigenvalue weighted by molar-refractivity contribution is 5.82. The van der Waals surface area contributed by atoms with Crippen molar-refractivity contribution in [1.82, 2.24) is 4.98 Å². The van der Waals surface area contributed by atoms with Crippen molar-refractivity contribution in [3.63, 3.8) is 0 Å². The summed E-state index contributed by atoms with van der Waals surface area (Å²) in [6.45, 7) is 4.44. The third-order valence-electron chi connectivity index (χ3n) is 4.14. The number of nitrogens with zero attached hydrogens (tertiary/aromatic N) is 1. The summed E-state index contributed by atoms with van der Waals surface area (Å²) in [5, 5.41) is 11.7. The Morgan fingerprint density at radius 2 is 2.00 bits per heavy atom. The first kappa shape index (κ1) is 15.0. The van der Waals surface area contributed by atoms with E-state index in [0.29, 0.717) is 5.92 Å². The van der Waals surface area contributed by atoms with Crippen LogP contribution < -0.4 is 0 Å². The summed E-state index contributed by atoms with van der Waals surface area (Å²) in [6, 6.07) is 10.0. The van der Waals surface area contributed by atoms with Gasteiger partial charge in [-0.2, -0.15) is 0 Å². The monoisotopic (exact) mass is 271 g/mol. The number of rotatable bonds is 7. The number of unbranched alkanes of at least 4 members (excludes halogenated alkanes) is 1. The van der Waals surface area contributed by atoms with Crippen LogP contribution in [0.25, 0.3) is 10.9 Å². The number of benzene rings is 1. The van der Waals surface area contributed by atoms with Gasteiger partial charge in [-0.25, -0.2) is 0 Å². The quantitative estimate of drug-likeness (QED) is 0.779. The lowest BCUT2D eigenvalue weighted by atomic mass is 9.89. The molecule has 2 aromatic rings. The van der Waals surface area contributed by atoms with Crippen molar-refractivity contribution < 1.29 is 5.11 Å². The van der Waals surface area contributed by atoms with E-state index in [-0.39, 0.29) is 6.10 Å². The summed E-state index contributed by atoms with van der Waals surface area (Å²) < 4.78 is 0. The fraction of sp³-hybridized carbons (Fsp3) is 0.500. The number of hydrogen-bond donors (Lipinski definition) is 1. The molecule has 0 saturated carbocycles. The van der Waals surface area contributed by atoms with Crippen LogP contribution in [0.4, 0.5) is 0 Å². The lowest BCUT2D eigenvalue weighted by Gasteiger charge is -2.20. The molecule has 1 aromatic carbocycles. The van der Waals surface area contributed by atoms with Crippen molar-refractivity contribution in [1.29, 1.82) is 0 Å². The van der Waals surface area contributed by atoms with Crippen molar-refractivity contribution in [3.05, 3.63) is 42.1 Å². The van der Waals surface area contributed by atoms with Crippen molar-refractivity contribution in [2.45, 2.75) is 52.1 Å². The van der Waals surface area contributed by atoms with E-state index in [1.165, 1.54) is 19.3 Å². The summed E-state index contributed by atoms with van der Waals surface area (Å²) >= 11 is 0. The lowest BCUT2D eigenvalue weighted by molar-refractivity contribution is 0.140. The maximum Gasteiger partial charge on any atom is 0.0799 e. The minimum absolute atomic E-state index is 0.385. The molecule has 1 aromatic heterocycles. The second kappa shape index (κ2) is 7.39. The maximum absolute atomic E-state index is 10.6. The summed E-state index contributed by atoms with van der Waals surface area (Å²) in [7, 11) is 0. The van der Waals surface area contributed by atoms with E-state index < -0.39 is 0 Å². The fourth-order valence-corrected chi connectivity index (χ4v) is 2.84. The molecular formula is C18H25NO. The van der Waals surface area contributed by atoms with Gasteiger partial charge in [0.1, 0.15) is 0 Å². The van der Waals surface area contributed by atoms with E-state index >= 15 is 0 Å². The van der Waals surface area contributed by atoms with Gasteiger partial charge in [0, 0.05) is 11.6 Å². The minimum atomic E-state index is -0.385. The van der Waals surface area contributed by atoms with Crippen LogP contribution in [0.1, 0.15) is 57.6 Å². The molecule has 1 N–H and O–H groups in total. The number of aliphatic hydroxyl groups excluding tert-OH is 1. The van der Waals surface area contributed by atoms with Crippen LogP contribution in [0.5, 0.6) is 0 Å². The highest BCUT2D eigenvalue weighted by Crippen LogP contribution is 2.30. The fourth-order valence-electron chi connectivity index (χ4n) is 2.84. The standard InChI is InChI=1S/C18H25NO/c1-3-5-8-14(4-2)13-18(20)16-9-6-11-17-15(16)10-7-12-19-17/h6-7,9-12,14,18,20H,3-5,8,13H2,1-2H3. The van der Waals surface area contributed by atoms with E-state index in [1.807, 2.05) is 30.3 Å². The van der Waals surface area contributed by atoms with Gasteiger partial charge >= 0.3 is 0 Å². The van der Waals surface area contributed by atoms with E-state index in [2.05, 4.69) is 18.8 Å². The maximum atomic E-state index is 10.6. The van der Waals surface area contributed by atoms with Gasteiger partial charge in [0.25, 0.3) is 0 Å². The molecule has 2 atom stereocenters. The largest absolute Gasteiger partial charge is 0.388 e. The van der Waals surface area contributed by atoms with Gasteiger partial charge in [-0.1, -0.05) is 57.7 Å². The molecule has 0 spiro atoms. The molecule has 0 saturated heterocycles. The molecule has 0 aliphatic heterocycles. The molecule has 0 radical (unpaired) electrons. The Hall–Kier alpha value is -1.41. The zero-order chi connectivity index (χ0) is 14.4. The third-order valence-corrected chi connectivity index (χ3v) is 4.14. The number of fused-ring (bicyclic) bond motifs is 1. The van der Waals surface area contributed by atoms with Gasteiger partial charge in [0.15, 0.2) is 0 Å². The van der Waals surface area contributed by atoms with Crippen LogP contribution >= 0.6 is 0 Å². The zero-order valence-electron chi connectivity index (χ0n) is 12.5. The molecule has 20 heavy (non-hydrogen) atoms. The molecule has 2 unspecified atom stereocenters. The van der Waals surface area contributed by atoms with E-state index in [9.17, 15) is 5.11 Å². The molecule has 2 rings (SSSR count). The number of hydrogen-bond acceptors (Lipinski definition) is 2. The Morgan fingerprint density at radius 3 is 2.75 bits per heavy atom. The summed E-state index contributed by atoms with van der Waals surface area (Å²) in [4.78, 5) is 4.36. The smallest absolute Gasteiger partial charge is 0.0799 e. The van der Waals surface area contributed by atoms with Crippen LogP contribution in [0.15, 0.2) is 36.5 Å². The van der Waals surface area contributed by atoms with Crippen LogP contribution in [0.3, 0.4) is 0 Å². The Bertz CT molecular complexity index is 532. The molecular weight excluding hydrogens is 246 g/mol. The molecule has 2 heteroatoms. The zero-order valence-corrected chi connectivity index (χ0v) is 12.5. The van der Waals surface area contributed by atoms with Gasteiger partial charge in [0.05, 0.1) is 11.6 Å². The van der Waals surface area contributed by atoms with Gasteiger partial charge in [-0.05, 0) is 30.0 Å². The van der Waals surface area contributed by atoms with E-state index in [1.54, 1.807) is 6.20 Å². The van der Waals surface area contributed by atoms with Gasteiger partial charge < -0.3 is 5.11 Å². The van der Waals surface area contributed by atoms with Gasteiger partial charge in [-0.3, -0.25) is 4.98 Å².